The number of rotatable bonds is 4. The lowest BCUT2D eigenvalue weighted by Crippen LogP contribution is -2.28. The molecule has 0 aliphatic rings. The summed E-state index contributed by atoms with van der Waals surface area (Å²) < 4.78 is 1.81. The molecule has 0 unspecified atom stereocenters. The van der Waals surface area contributed by atoms with Crippen LogP contribution < -0.4 is 9.58 Å². The van der Waals surface area contributed by atoms with Gasteiger partial charge >= 0.3 is 5.97 Å². The minimum absolute atomic E-state index is 0.158. The van der Waals surface area contributed by atoms with E-state index in [2.05, 4.69) is 5.10 Å². The van der Waals surface area contributed by atoms with Crippen LogP contribution in [0.25, 0.3) is 0 Å². The van der Waals surface area contributed by atoms with Crippen molar-refractivity contribution in [2.75, 3.05) is 18.5 Å². The average Bonchev–Trinajstić information content (AvgIpc) is 2.47. The number of carboxylic acid groups (broad SMARTS) is 1. The van der Waals surface area contributed by atoms with Crippen LogP contribution in [0.2, 0.25) is 0 Å². The summed E-state index contributed by atoms with van der Waals surface area (Å²) >= 11 is 0. The van der Waals surface area contributed by atoms with E-state index in [0.717, 1.165) is 5.69 Å². The van der Waals surface area contributed by atoms with Gasteiger partial charge in [0.25, 0.3) is 0 Å². The highest BCUT2D eigenvalue weighted by Crippen LogP contribution is 2.06. The van der Waals surface area contributed by atoms with Gasteiger partial charge in [0.15, 0.2) is 7.05 Å². The maximum absolute atomic E-state index is 10.3. The van der Waals surface area contributed by atoms with Gasteiger partial charge in [0.1, 0.15) is 5.69 Å². The van der Waals surface area contributed by atoms with Gasteiger partial charge in [-0.3, -0.25) is 4.79 Å². The van der Waals surface area contributed by atoms with Crippen molar-refractivity contribution < 1.29 is 14.6 Å². The Morgan fingerprint density at radius 3 is 2.92 bits per heavy atom. The van der Waals surface area contributed by atoms with Crippen molar-refractivity contribution in [3.8, 4) is 0 Å². The number of aliphatic carboxylic acids is 1. The van der Waals surface area contributed by atoms with Gasteiger partial charge in [-0.2, -0.15) is 5.10 Å². The molecule has 13 heavy (non-hydrogen) atoms. The topological polar surface area (TPSA) is 60.2 Å². The first kappa shape index (κ1) is 9.57. The van der Waals surface area contributed by atoms with Crippen molar-refractivity contribution >= 4 is 11.7 Å². The van der Waals surface area contributed by atoms with Gasteiger partial charge in [0, 0.05) is 13.6 Å². The van der Waals surface area contributed by atoms with Crippen molar-refractivity contribution in [2.45, 2.75) is 6.42 Å². The molecule has 0 saturated carbocycles. The molecule has 0 fully saturated rings. The highest BCUT2D eigenvalue weighted by Gasteiger charge is 2.08. The number of anilines is 1. The second-order valence-corrected chi connectivity index (χ2v) is 3.00. The third kappa shape index (κ3) is 2.77. The zero-order chi connectivity index (χ0) is 9.84. The lowest BCUT2D eigenvalue weighted by atomic mass is 10.4. The normalized spacial score (nSPS) is 10.0. The zero-order valence-corrected chi connectivity index (χ0v) is 7.82. The van der Waals surface area contributed by atoms with Crippen LogP contribution >= 0.6 is 0 Å². The summed E-state index contributed by atoms with van der Waals surface area (Å²) in [5.41, 5.74) is 0.990. The quantitative estimate of drug-likeness (QED) is 0.634. The van der Waals surface area contributed by atoms with E-state index in [1.807, 2.05) is 36.1 Å². The second-order valence-electron chi connectivity index (χ2n) is 3.00. The number of hydrogen-bond acceptors (Lipinski definition) is 2. The van der Waals surface area contributed by atoms with Gasteiger partial charge in [-0.05, 0) is 0 Å². The number of nitrogens with one attached hydrogen (secondary N) is 1. The molecule has 0 saturated heterocycles. The molecule has 5 nitrogen and oxygen atoms in total. The highest BCUT2D eigenvalue weighted by atomic mass is 16.4. The van der Waals surface area contributed by atoms with E-state index in [0.29, 0.717) is 6.54 Å². The molecule has 0 amide bonds. The molecule has 1 aromatic rings. The average molecular weight is 184 g/mol. The van der Waals surface area contributed by atoms with Crippen LogP contribution in [-0.4, -0.2) is 29.8 Å². The number of carboxylic acids is 1. The second kappa shape index (κ2) is 3.93. The Kier molecular flexibility index (Phi) is 2.89. The standard InChI is InChI=1S/C8H13N3O2/c1-10(4-3-8(12)13)7-5-9-11(2)6-7/h5-6H,3-4H2,1-2H3,(H,12,13)/p+1. The summed E-state index contributed by atoms with van der Waals surface area (Å²) in [5.74, 6) is -0.772. The van der Waals surface area contributed by atoms with E-state index in [1.54, 1.807) is 0 Å². The largest absolute Gasteiger partial charge is 0.481 e. The zero-order valence-electron chi connectivity index (χ0n) is 7.82. The minimum atomic E-state index is -0.772. The SMILES string of the molecule is CN(CCC(=O)O)c1c[nH][n+](C)c1. The first-order valence-corrected chi connectivity index (χ1v) is 4.06. The van der Waals surface area contributed by atoms with Gasteiger partial charge in [-0.1, -0.05) is 0 Å². The van der Waals surface area contributed by atoms with Crippen LogP contribution in [0, 0.1) is 0 Å². The predicted octanol–water partition coefficient (Wildman–Crippen LogP) is -0.250. The maximum atomic E-state index is 10.3. The van der Waals surface area contributed by atoms with Crippen molar-refractivity contribution in [2.24, 2.45) is 7.05 Å². The van der Waals surface area contributed by atoms with Crippen LogP contribution in [-0.2, 0) is 11.8 Å². The summed E-state index contributed by atoms with van der Waals surface area (Å²) in [7, 11) is 3.75. The molecule has 0 spiro atoms. The fourth-order valence-corrected chi connectivity index (χ4v) is 1.04. The van der Waals surface area contributed by atoms with E-state index in [9.17, 15) is 4.79 Å². The maximum Gasteiger partial charge on any atom is 0.305 e. The Morgan fingerprint density at radius 1 is 1.77 bits per heavy atom. The van der Waals surface area contributed by atoms with Crippen molar-refractivity contribution in [3.05, 3.63) is 12.4 Å². The minimum Gasteiger partial charge on any atom is -0.481 e. The fourth-order valence-electron chi connectivity index (χ4n) is 1.04. The molecular formula is C8H14N3O2+. The third-order valence-corrected chi connectivity index (χ3v) is 1.84. The summed E-state index contributed by atoms with van der Waals surface area (Å²) in [6.45, 7) is 0.521. The number of aromatic nitrogens is 2. The first-order chi connectivity index (χ1) is 6.09. The van der Waals surface area contributed by atoms with E-state index in [-0.39, 0.29) is 6.42 Å². The molecule has 0 aliphatic carbocycles. The van der Waals surface area contributed by atoms with Crippen LogP contribution in [0.5, 0.6) is 0 Å². The summed E-state index contributed by atoms with van der Waals surface area (Å²) in [5, 5.41) is 11.4. The number of hydrogen-bond donors (Lipinski definition) is 2. The summed E-state index contributed by atoms with van der Waals surface area (Å²) in [6.07, 6.45) is 3.90. The molecule has 0 aromatic carbocycles. The number of aromatic amines is 1. The van der Waals surface area contributed by atoms with Crippen molar-refractivity contribution in [1.82, 2.24) is 5.10 Å². The van der Waals surface area contributed by atoms with Gasteiger partial charge < -0.3 is 10.0 Å². The fraction of sp³-hybridized carbons (Fsp3) is 0.500. The molecule has 1 aromatic heterocycles. The summed E-state index contributed by atoms with van der Waals surface area (Å²) in [4.78, 5) is 12.2. The molecule has 72 valence electrons. The Hall–Kier alpha value is -1.52. The summed E-state index contributed by atoms with van der Waals surface area (Å²) in [6, 6.07) is 0. The van der Waals surface area contributed by atoms with E-state index in [1.165, 1.54) is 0 Å². The smallest absolute Gasteiger partial charge is 0.305 e. The lowest BCUT2D eigenvalue weighted by Gasteiger charge is -2.13. The molecule has 0 aliphatic heterocycles. The van der Waals surface area contributed by atoms with Crippen LogP contribution in [0.3, 0.4) is 0 Å². The monoisotopic (exact) mass is 184 g/mol. The Bertz CT molecular complexity index is 295. The number of carbonyl (C=O) groups is 1. The highest BCUT2D eigenvalue weighted by molar-refractivity contribution is 5.67. The Labute approximate surface area is 76.6 Å². The molecule has 5 heteroatoms. The van der Waals surface area contributed by atoms with E-state index >= 15 is 0 Å². The van der Waals surface area contributed by atoms with Crippen molar-refractivity contribution in [3.63, 3.8) is 0 Å². The van der Waals surface area contributed by atoms with Gasteiger partial charge in [-0.15, -0.1) is 4.68 Å². The predicted molar refractivity (Wildman–Crippen MR) is 47.5 cm³/mol. The number of aryl methyl sites for hydroxylation is 1. The van der Waals surface area contributed by atoms with Crippen LogP contribution in [0.1, 0.15) is 6.42 Å². The third-order valence-electron chi connectivity index (χ3n) is 1.84. The van der Waals surface area contributed by atoms with E-state index < -0.39 is 5.97 Å². The molecule has 0 radical (unpaired) electrons. The molecule has 0 atom stereocenters. The van der Waals surface area contributed by atoms with Gasteiger partial charge in [-0.25, -0.2) is 0 Å². The lowest BCUT2D eigenvalue weighted by molar-refractivity contribution is -0.726. The Balaban J connectivity index is 2.48. The molecule has 0 bridgehead atoms. The van der Waals surface area contributed by atoms with Gasteiger partial charge in [0.2, 0.25) is 6.20 Å². The first-order valence-electron chi connectivity index (χ1n) is 4.06. The van der Waals surface area contributed by atoms with Crippen LogP contribution in [0.15, 0.2) is 12.4 Å². The van der Waals surface area contributed by atoms with Crippen molar-refractivity contribution in [1.29, 1.82) is 0 Å². The number of H-pyrrole nitrogens is 1. The van der Waals surface area contributed by atoms with Gasteiger partial charge in [0.05, 0.1) is 12.6 Å². The molecular weight excluding hydrogens is 170 g/mol. The number of nitrogens with zero attached hydrogens (tertiary/aromatic N) is 2. The molecule has 2 N–H and O–H groups in total. The van der Waals surface area contributed by atoms with Crippen LogP contribution in [0.4, 0.5) is 5.69 Å². The molecule has 1 heterocycles. The van der Waals surface area contributed by atoms with E-state index in [4.69, 9.17) is 5.11 Å². The Morgan fingerprint density at radius 2 is 2.46 bits per heavy atom. The molecule has 1 rings (SSSR count).